The number of hydrogen-bond acceptors (Lipinski definition) is 5. The molecular formula is C47H27N3O2. The first-order valence-corrected chi connectivity index (χ1v) is 17.3. The largest absolute Gasteiger partial charge is 0.456 e. The number of rotatable bonds is 4. The minimum atomic E-state index is 0.590. The van der Waals surface area contributed by atoms with Crippen LogP contribution in [-0.4, -0.2) is 15.0 Å². The summed E-state index contributed by atoms with van der Waals surface area (Å²) in [6, 6.07) is 56.4. The van der Waals surface area contributed by atoms with E-state index in [4.69, 9.17) is 23.8 Å². The molecule has 0 N–H and O–H groups in total. The Labute approximate surface area is 297 Å². The van der Waals surface area contributed by atoms with E-state index in [1.54, 1.807) is 0 Å². The molecule has 8 aromatic carbocycles. The Morgan fingerprint density at radius 2 is 0.865 bits per heavy atom. The van der Waals surface area contributed by atoms with E-state index < -0.39 is 0 Å². The second-order valence-electron chi connectivity index (χ2n) is 13.2. The van der Waals surface area contributed by atoms with Crippen molar-refractivity contribution in [1.82, 2.24) is 15.0 Å². The fourth-order valence-corrected chi connectivity index (χ4v) is 7.59. The topological polar surface area (TPSA) is 65.0 Å². The van der Waals surface area contributed by atoms with E-state index in [9.17, 15) is 0 Å². The SMILES string of the molecule is c1ccc2cc(-c3ccc(-c4nc(-c5ccc6c(ccc7oc8ccccc8c76)c5)nc(-c5cccc6oc7ccccc7c56)n4)cc3)ccc2c1. The van der Waals surface area contributed by atoms with Gasteiger partial charge in [-0.05, 0) is 69.1 Å². The predicted octanol–water partition coefficient (Wildman–Crippen LogP) is 12.6. The Hall–Kier alpha value is -7.11. The molecular weight excluding hydrogens is 639 g/mol. The first-order valence-electron chi connectivity index (χ1n) is 17.3. The van der Waals surface area contributed by atoms with E-state index in [0.717, 1.165) is 82.5 Å². The minimum Gasteiger partial charge on any atom is -0.456 e. The van der Waals surface area contributed by atoms with Crippen LogP contribution in [-0.2, 0) is 0 Å². The summed E-state index contributed by atoms with van der Waals surface area (Å²) < 4.78 is 12.4. The van der Waals surface area contributed by atoms with Gasteiger partial charge in [0, 0.05) is 38.2 Å². The Bertz CT molecular complexity index is 3190. The smallest absolute Gasteiger partial charge is 0.164 e. The zero-order valence-electron chi connectivity index (χ0n) is 27.7. The zero-order valence-corrected chi connectivity index (χ0v) is 27.7. The molecule has 11 aromatic rings. The average Bonchev–Trinajstić information content (AvgIpc) is 3.79. The van der Waals surface area contributed by atoms with Crippen LogP contribution in [0.5, 0.6) is 0 Å². The van der Waals surface area contributed by atoms with Crippen LogP contribution in [0.2, 0.25) is 0 Å². The number of benzene rings is 8. The number of furan rings is 2. The van der Waals surface area contributed by atoms with Crippen molar-refractivity contribution in [3.05, 3.63) is 164 Å². The van der Waals surface area contributed by atoms with Crippen LogP contribution in [0.25, 0.3) is 111 Å². The summed E-state index contributed by atoms with van der Waals surface area (Å²) in [6.07, 6.45) is 0. The maximum Gasteiger partial charge on any atom is 0.164 e. The van der Waals surface area contributed by atoms with Crippen LogP contribution in [0.4, 0.5) is 0 Å². The molecule has 5 heteroatoms. The van der Waals surface area contributed by atoms with Gasteiger partial charge in [0.25, 0.3) is 0 Å². The van der Waals surface area contributed by atoms with E-state index in [-0.39, 0.29) is 0 Å². The molecule has 0 saturated heterocycles. The lowest BCUT2D eigenvalue weighted by Gasteiger charge is -2.11. The lowest BCUT2D eigenvalue weighted by atomic mass is 10.00. The fraction of sp³-hybridized carbons (Fsp3) is 0. The zero-order chi connectivity index (χ0) is 34.2. The van der Waals surface area contributed by atoms with E-state index in [2.05, 4.69) is 115 Å². The highest BCUT2D eigenvalue weighted by molar-refractivity contribution is 6.19. The minimum absolute atomic E-state index is 0.590. The van der Waals surface area contributed by atoms with Crippen LogP contribution >= 0.6 is 0 Å². The third-order valence-electron chi connectivity index (χ3n) is 10.1. The number of aromatic nitrogens is 3. The van der Waals surface area contributed by atoms with Crippen molar-refractivity contribution in [3.63, 3.8) is 0 Å². The molecule has 0 aliphatic rings. The molecule has 0 radical (unpaired) electrons. The molecule has 0 aliphatic carbocycles. The molecule has 0 amide bonds. The molecule has 52 heavy (non-hydrogen) atoms. The molecule has 0 fully saturated rings. The highest BCUT2D eigenvalue weighted by Crippen LogP contribution is 2.39. The first-order chi connectivity index (χ1) is 25.7. The predicted molar refractivity (Wildman–Crippen MR) is 211 cm³/mol. The van der Waals surface area contributed by atoms with Crippen LogP contribution in [0, 0.1) is 0 Å². The molecule has 5 nitrogen and oxygen atoms in total. The average molecular weight is 666 g/mol. The van der Waals surface area contributed by atoms with Crippen molar-refractivity contribution < 1.29 is 8.83 Å². The molecule has 0 bridgehead atoms. The third kappa shape index (κ3) is 4.53. The molecule has 0 spiro atoms. The van der Waals surface area contributed by atoms with Crippen LogP contribution in [0.15, 0.2) is 173 Å². The van der Waals surface area contributed by atoms with Crippen LogP contribution in [0.3, 0.4) is 0 Å². The van der Waals surface area contributed by atoms with Gasteiger partial charge < -0.3 is 8.83 Å². The number of hydrogen-bond donors (Lipinski definition) is 0. The maximum atomic E-state index is 6.25. The Kier molecular flexibility index (Phi) is 6.18. The number of fused-ring (bicyclic) bond motifs is 9. The van der Waals surface area contributed by atoms with Gasteiger partial charge in [-0.3, -0.25) is 0 Å². The van der Waals surface area contributed by atoms with Gasteiger partial charge in [-0.25, -0.2) is 15.0 Å². The summed E-state index contributed by atoms with van der Waals surface area (Å²) in [7, 11) is 0. The van der Waals surface area contributed by atoms with Crippen LogP contribution in [0.1, 0.15) is 0 Å². The molecule has 242 valence electrons. The normalized spacial score (nSPS) is 11.8. The first kappa shape index (κ1) is 28.7. The molecule has 11 rings (SSSR count). The maximum absolute atomic E-state index is 6.25. The highest BCUT2D eigenvalue weighted by Gasteiger charge is 2.19. The van der Waals surface area contributed by atoms with Gasteiger partial charge >= 0.3 is 0 Å². The van der Waals surface area contributed by atoms with E-state index >= 15 is 0 Å². The van der Waals surface area contributed by atoms with Crippen molar-refractivity contribution in [1.29, 1.82) is 0 Å². The Morgan fingerprint density at radius 3 is 1.67 bits per heavy atom. The molecule has 0 atom stereocenters. The van der Waals surface area contributed by atoms with E-state index in [0.29, 0.717) is 17.5 Å². The summed E-state index contributed by atoms with van der Waals surface area (Å²) in [5.41, 5.74) is 8.38. The number of para-hydroxylation sites is 2. The van der Waals surface area contributed by atoms with Crippen molar-refractivity contribution in [2.45, 2.75) is 0 Å². The van der Waals surface area contributed by atoms with Gasteiger partial charge in [0.1, 0.15) is 22.3 Å². The van der Waals surface area contributed by atoms with Crippen molar-refractivity contribution in [2.75, 3.05) is 0 Å². The van der Waals surface area contributed by atoms with Gasteiger partial charge in [0.15, 0.2) is 17.5 Å². The third-order valence-corrected chi connectivity index (χ3v) is 10.1. The lowest BCUT2D eigenvalue weighted by molar-refractivity contribution is 0.668. The molecule has 0 aliphatic heterocycles. The summed E-state index contributed by atoms with van der Waals surface area (Å²) in [5.74, 6) is 1.79. The van der Waals surface area contributed by atoms with Gasteiger partial charge in [0.05, 0.1) is 0 Å². The van der Waals surface area contributed by atoms with E-state index in [1.807, 2.05) is 48.5 Å². The number of nitrogens with zero attached hydrogens (tertiary/aromatic N) is 3. The highest BCUT2D eigenvalue weighted by atomic mass is 16.3. The van der Waals surface area contributed by atoms with Crippen LogP contribution < -0.4 is 0 Å². The quantitative estimate of drug-likeness (QED) is 0.187. The molecule has 3 aromatic heterocycles. The second kappa shape index (κ2) is 11.2. The summed E-state index contributed by atoms with van der Waals surface area (Å²) in [6.45, 7) is 0. The summed E-state index contributed by atoms with van der Waals surface area (Å²) in [5, 5.41) is 8.88. The van der Waals surface area contributed by atoms with Crippen molar-refractivity contribution >= 4 is 65.4 Å². The van der Waals surface area contributed by atoms with Crippen molar-refractivity contribution in [3.8, 4) is 45.3 Å². The monoisotopic (exact) mass is 665 g/mol. The van der Waals surface area contributed by atoms with Gasteiger partial charge in [0.2, 0.25) is 0 Å². The Morgan fingerprint density at radius 1 is 0.308 bits per heavy atom. The fourth-order valence-electron chi connectivity index (χ4n) is 7.59. The van der Waals surface area contributed by atoms with Gasteiger partial charge in [-0.15, -0.1) is 0 Å². The standard InChI is InChI=1S/C47H27N3O2/c1-2-9-31-26-32(21-18-28(31)8-1)29-16-19-30(20-17-29)45-48-46(50-47(49-45)38-12-7-15-41-44(38)37-11-4-6-14-40(37)51-41)34-22-24-35-33(27-34)23-25-42-43(35)36-10-3-5-13-39(36)52-42/h1-27H. The lowest BCUT2D eigenvalue weighted by Crippen LogP contribution is -2.00. The van der Waals surface area contributed by atoms with Crippen molar-refractivity contribution in [2.24, 2.45) is 0 Å². The molecule has 3 heterocycles. The summed E-state index contributed by atoms with van der Waals surface area (Å²) >= 11 is 0. The molecule has 0 saturated carbocycles. The van der Waals surface area contributed by atoms with Gasteiger partial charge in [-0.1, -0.05) is 127 Å². The summed E-state index contributed by atoms with van der Waals surface area (Å²) in [4.78, 5) is 15.4. The van der Waals surface area contributed by atoms with Gasteiger partial charge in [-0.2, -0.15) is 0 Å². The Balaban J connectivity index is 1.09. The second-order valence-corrected chi connectivity index (χ2v) is 13.2. The van der Waals surface area contributed by atoms with E-state index in [1.165, 1.54) is 10.8 Å². The molecule has 0 unspecified atom stereocenters.